The molecular weight excluding hydrogens is 262 g/mol. The van der Waals surface area contributed by atoms with Gasteiger partial charge >= 0.3 is 5.69 Å². The number of nitro benzene ring substituents is 1. The molecule has 7 heteroatoms. The summed E-state index contributed by atoms with van der Waals surface area (Å²) in [6, 6.07) is 4.67. The lowest BCUT2D eigenvalue weighted by molar-refractivity contribution is -0.386. The quantitative estimate of drug-likeness (QED) is 0.491. The molecule has 1 aliphatic rings. The van der Waals surface area contributed by atoms with Crippen LogP contribution in [0.4, 0.5) is 5.69 Å². The highest BCUT2D eigenvalue weighted by atomic mass is 16.6. The molecule has 0 atom stereocenters. The van der Waals surface area contributed by atoms with Gasteiger partial charge in [-0.25, -0.2) is 0 Å². The lowest BCUT2D eigenvalue weighted by Crippen LogP contribution is -2.40. The van der Waals surface area contributed by atoms with Crippen molar-refractivity contribution >= 4 is 17.7 Å². The van der Waals surface area contributed by atoms with Crippen molar-refractivity contribution in [3.63, 3.8) is 0 Å². The minimum atomic E-state index is -0.537. The van der Waals surface area contributed by atoms with Gasteiger partial charge in [0.2, 0.25) is 0 Å². The van der Waals surface area contributed by atoms with Crippen LogP contribution in [0.3, 0.4) is 0 Å². The van der Waals surface area contributed by atoms with Gasteiger partial charge in [-0.3, -0.25) is 14.9 Å². The average Bonchev–Trinajstić information content (AvgIpc) is 2.41. The third-order valence-corrected chi connectivity index (χ3v) is 2.76. The lowest BCUT2D eigenvalue weighted by atomic mass is 10.1. The van der Waals surface area contributed by atoms with Gasteiger partial charge in [0, 0.05) is 5.70 Å². The predicted molar refractivity (Wildman–Crippen MR) is 72.9 cm³/mol. The van der Waals surface area contributed by atoms with Gasteiger partial charge in [-0.15, -0.1) is 0 Å². The van der Waals surface area contributed by atoms with E-state index in [0.717, 1.165) is 0 Å². The number of hydrogen-bond acceptors (Lipinski definition) is 5. The Labute approximate surface area is 115 Å². The summed E-state index contributed by atoms with van der Waals surface area (Å²) in [6.45, 7) is 4.01. The van der Waals surface area contributed by atoms with Crippen LogP contribution < -0.4 is 15.4 Å². The summed E-state index contributed by atoms with van der Waals surface area (Å²) < 4.78 is 4.97. The number of benzene rings is 1. The van der Waals surface area contributed by atoms with Gasteiger partial charge in [0.05, 0.1) is 24.1 Å². The maximum atomic E-state index is 11.7. The molecule has 1 amide bonds. The minimum Gasteiger partial charge on any atom is -0.490 e. The number of nitrogens with zero attached hydrogens (tertiary/aromatic N) is 1. The molecule has 0 spiro atoms. The normalized spacial score (nSPS) is 16.6. The number of carbonyl (C=O) groups excluding carboxylic acids is 1. The van der Waals surface area contributed by atoms with E-state index in [-0.39, 0.29) is 23.0 Å². The van der Waals surface area contributed by atoms with Crippen LogP contribution in [0, 0.1) is 10.1 Å². The first-order valence-corrected chi connectivity index (χ1v) is 5.79. The van der Waals surface area contributed by atoms with Crippen LogP contribution in [0.1, 0.15) is 5.56 Å². The highest BCUT2D eigenvalue weighted by molar-refractivity contribution is 5.99. The largest absolute Gasteiger partial charge is 0.490 e. The van der Waals surface area contributed by atoms with E-state index in [1.807, 2.05) is 0 Å². The van der Waals surface area contributed by atoms with Crippen molar-refractivity contribution in [2.24, 2.45) is 0 Å². The van der Waals surface area contributed by atoms with Gasteiger partial charge in [-0.05, 0) is 18.2 Å². The number of nitrogens with one attached hydrogen (secondary N) is 2. The molecule has 1 heterocycles. The summed E-state index contributed by atoms with van der Waals surface area (Å²) >= 11 is 0. The predicted octanol–water partition coefficient (Wildman–Crippen LogP) is 1.18. The molecule has 20 heavy (non-hydrogen) atoms. The first kappa shape index (κ1) is 13.6. The Morgan fingerprint density at radius 2 is 2.25 bits per heavy atom. The molecule has 0 aliphatic carbocycles. The van der Waals surface area contributed by atoms with E-state index in [0.29, 0.717) is 17.8 Å². The monoisotopic (exact) mass is 275 g/mol. The number of para-hydroxylation sites is 1. The van der Waals surface area contributed by atoms with E-state index < -0.39 is 4.92 Å². The molecule has 1 fully saturated rings. The van der Waals surface area contributed by atoms with Crippen molar-refractivity contribution in [3.8, 4) is 5.75 Å². The number of rotatable bonds is 3. The number of carbonyl (C=O) groups is 1. The third kappa shape index (κ3) is 2.61. The summed E-state index contributed by atoms with van der Waals surface area (Å²) in [5, 5.41) is 16.6. The van der Waals surface area contributed by atoms with Crippen molar-refractivity contribution < 1.29 is 14.5 Å². The van der Waals surface area contributed by atoms with E-state index in [9.17, 15) is 14.9 Å². The molecular formula is C13H13N3O4. The summed E-state index contributed by atoms with van der Waals surface area (Å²) in [6.07, 6.45) is 1.42. The number of nitro groups is 1. The molecule has 7 nitrogen and oxygen atoms in total. The SMILES string of the molecule is C=C1CN/C(=C\c2cccc(OC)c2[N+](=O)[O-])C(=O)N1. The fraction of sp³-hybridized carbons (Fsp3) is 0.154. The van der Waals surface area contributed by atoms with E-state index in [2.05, 4.69) is 17.2 Å². The molecule has 0 bridgehead atoms. The molecule has 1 saturated heterocycles. The number of ether oxygens (including phenoxy) is 1. The third-order valence-electron chi connectivity index (χ3n) is 2.76. The zero-order valence-corrected chi connectivity index (χ0v) is 10.8. The van der Waals surface area contributed by atoms with Crippen LogP contribution in [-0.2, 0) is 4.79 Å². The van der Waals surface area contributed by atoms with Crippen molar-refractivity contribution in [3.05, 3.63) is 51.8 Å². The fourth-order valence-electron chi connectivity index (χ4n) is 1.84. The Balaban J connectivity index is 2.45. The average molecular weight is 275 g/mol. The van der Waals surface area contributed by atoms with Crippen LogP contribution >= 0.6 is 0 Å². The van der Waals surface area contributed by atoms with E-state index in [1.54, 1.807) is 12.1 Å². The van der Waals surface area contributed by atoms with E-state index >= 15 is 0 Å². The van der Waals surface area contributed by atoms with E-state index in [1.165, 1.54) is 19.3 Å². The molecule has 0 saturated carbocycles. The summed E-state index contributed by atoms with van der Waals surface area (Å²) in [4.78, 5) is 22.3. The molecule has 0 aromatic heterocycles. The minimum absolute atomic E-state index is 0.143. The number of piperazine rings is 1. The summed E-state index contributed by atoms with van der Waals surface area (Å²) in [5.74, 6) is -0.233. The van der Waals surface area contributed by atoms with Crippen LogP contribution in [0.5, 0.6) is 5.75 Å². The van der Waals surface area contributed by atoms with Crippen molar-refractivity contribution in [1.82, 2.24) is 10.6 Å². The number of amides is 1. The molecule has 2 N–H and O–H groups in total. The molecule has 0 radical (unpaired) electrons. The second-order valence-electron chi connectivity index (χ2n) is 4.12. The molecule has 1 aromatic carbocycles. The van der Waals surface area contributed by atoms with Gasteiger partial charge in [0.25, 0.3) is 5.91 Å². The highest BCUT2D eigenvalue weighted by Gasteiger charge is 2.22. The second kappa shape index (κ2) is 5.43. The highest BCUT2D eigenvalue weighted by Crippen LogP contribution is 2.31. The molecule has 0 unspecified atom stereocenters. The fourth-order valence-corrected chi connectivity index (χ4v) is 1.84. The Morgan fingerprint density at radius 1 is 1.50 bits per heavy atom. The Hall–Kier alpha value is -2.83. The maximum absolute atomic E-state index is 11.7. The Morgan fingerprint density at radius 3 is 2.85 bits per heavy atom. The first-order valence-electron chi connectivity index (χ1n) is 5.79. The van der Waals surface area contributed by atoms with Gasteiger partial charge in [-0.1, -0.05) is 12.6 Å². The Kier molecular flexibility index (Phi) is 3.69. The van der Waals surface area contributed by atoms with Gasteiger partial charge < -0.3 is 15.4 Å². The van der Waals surface area contributed by atoms with Crippen molar-refractivity contribution in [1.29, 1.82) is 0 Å². The van der Waals surface area contributed by atoms with Crippen LogP contribution in [0.25, 0.3) is 6.08 Å². The first-order chi connectivity index (χ1) is 9.52. The standard InChI is InChI=1S/C13H13N3O4/c1-8-7-14-10(13(17)15-8)6-9-4-3-5-11(20-2)12(9)16(18)19/h3-6,14H,1,7H2,2H3,(H,15,17)/b10-6-. The molecule has 1 aromatic rings. The van der Waals surface area contributed by atoms with Gasteiger partial charge in [0.1, 0.15) is 5.70 Å². The van der Waals surface area contributed by atoms with Gasteiger partial charge in [-0.2, -0.15) is 0 Å². The zero-order valence-electron chi connectivity index (χ0n) is 10.8. The van der Waals surface area contributed by atoms with Crippen LogP contribution in [0.2, 0.25) is 0 Å². The second-order valence-corrected chi connectivity index (χ2v) is 4.12. The van der Waals surface area contributed by atoms with Crippen molar-refractivity contribution in [2.75, 3.05) is 13.7 Å². The summed E-state index contributed by atoms with van der Waals surface area (Å²) in [7, 11) is 1.36. The summed E-state index contributed by atoms with van der Waals surface area (Å²) in [5.41, 5.74) is 0.905. The lowest BCUT2D eigenvalue weighted by Gasteiger charge is -2.19. The Bertz CT molecular complexity index is 622. The van der Waals surface area contributed by atoms with Crippen molar-refractivity contribution in [2.45, 2.75) is 0 Å². The van der Waals surface area contributed by atoms with E-state index in [4.69, 9.17) is 4.74 Å². The molecule has 104 valence electrons. The van der Waals surface area contributed by atoms with Crippen LogP contribution in [-0.4, -0.2) is 24.5 Å². The van der Waals surface area contributed by atoms with Gasteiger partial charge in [0.15, 0.2) is 5.75 Å². The number of hydrogen-bond donors (Lipinski definition) is 2. The maximum Gasteiger partial charge on any atom is 0.318 e. The smallest absolute Gasteiger partial charge is 0.318 e. The number of methoxy groups -OCH3 is 1. The topological polar surface area (TPSA) is 93.5 Å². The molecule has 1 aliphatic heterocycles. The molecule has 2 rings (SSSR count). The zero-order chi connectivity index (χ0) is 14.7. The van der Waals surface area contributed by atoms with Crippen LogP contribution in [0.15, 0.2) is 36.2 Å².